The van der Waals surface area contributed by atoms with E-state index in [0.29, 0.717) is 17.6 Å². The number of halogens is 3. The van der Waals surface area contributed by atoms with E-state index in [0.717, 1.165) is 37.4 Å². The standard InChI is InChI=1S/C31H36F3NO2/c1-35-26-16-10-9-15-25(26)30(21-11-5-3-6-12-21,22-13-7-4-8-14-22)29(35)20-19-23-24(31(32,33)34)17-18-27(36-2)28(23)37-29/h9-10,15-22H,3-8,11-14H2,1-2H3/t29-/m0/s1. The predicted molar refractivity (Wildman–Crippen MR) is 140 cm³/mol. The molecule has 198 valence electrons. The van der Waals surface area contributed by atoms with E-state index in [1.807, 2.05) is 6.08 Å². The Morgan fingerprint density at radius 1 is 0.892 bits per heavy atom. The van der Waals surface area contributed by atoms with Crippen molar-refractivity contribution < 1.29 is 22.6 Å². The lowest BCUT2D eigenvalue weighted by molar-refractivity contribution is -0.138. The van der Waals surface area contributed by atoms with E-state index in [1.54, 1.807) is 6.08 Å². The molecule has 2 aromatic rings. The fraction of sp³-hybridized carbons (Fsp3) is 0.548. The molecule has 37 heavy (non-hydrogen) atoms. The third-order valence-corrected chi connectivity index (χ3v) is 9.72. The smallest absolute Gasteiger partial charge is 0.417 e. The lowest BCUT2D eigenvalue weighted by atomic mass is 9.52. The molecule has 2 aliphatic heterocycles. The number of fused-ring (bicyclic) bond motifs is 2. The molecule has 1 atom stereocenters. The molecular formula is C31H36F3NO2. The number of methoxy groups -OCH3 is 1. The van der Waals surface area contributed by atoms with Gasteiger partial charge in [0.2, 0.25) is 5.72 Å². The summed E-state index contributed by atoms with van der Waals surface area (Å²) in [5, 5.41) is 0. The molecule has 2 aromatic carbocycles. The topological polar surface area (TPSA) is 21.7 Å². The van der Waals surface area contributed by atoms with Crippen LogP contribution in [-0.2, 0) is 11.6 Å². The first-order valence-corrected chi connectivity index (χ1v) is 13.8. The number of nitrogens with zero attached hydrogens (tertiary/aromatic N) is 1. The average Bonchev–Trinajstić information content (AvgIpc) is 3.13. The van der Waals surface area contributed by atoms with Crippen molar-refractivity contribution in [3.63, 3.8) is 0 Å². The molecule has 2 heterocycles. The van der Waals surface area contributed by atoms with E-state index in [-0.39, 0.29) is 16.7 Å². The zero-order chi connectivity index (χ0) is 25.8. The molecule has 6 rings (SSSR count). The Kier molecular flexibility index (Phi) is 6.00. The first-order chi connectivity index (χ1) is 17.8. The van der Waals surface area contributed by atoms with Gasteiger partial charge in [-0.05, 0) is 73.4 Å². The second kappa shape index (κ2) is 8.99. The largest absolute Gasteiger partial charge is 0.493 e. The van der Waals surface area contributed by atoms with Crippen LogP contribution < -0.4 is 14.4 Å². The van der Waals surface area contributed by atoms with E-state index < -0.39 is 17.5 Å². The highest BCUT2D eigenvalue weighted by molar-refractivity contribution is 5.76. The number of hydrogen-bond donors (Lipinski definition) is 0. The number of likely N-dealkylation sites (N-methyl/N-ethyl adjacent to an activating group) is 1. The molecule has 0 saturated heterocycles. The van der Waals surface area contributed by atoms with Gasteiger partial charge in [-0.3, -0.25) is 0 Å². The lowest BCUT2D eigenvalue weighted by Crippen LogP contribution is -2.66. The van der Waals surface area contributed by atoms with Gasteiger partial charge in [-0.2, -0.15) is 13.2 Å². The van der Waals surface area contributed by atoms with Gasteiger partial charge in [-0.1, -0.05) is 56.7 Å². The zero-order valence-electron chi connectivity index (χ0n) is 21.7. The third kappa shape index (κ3) is 3.46. The summed E-state index contributed by atoms with van der Waals surface area (Å²) in [4.78, 5) is 2.21. The third-order valence-electron chi connectivity index (χ3n) is 9.72. The summed E-state index contributed by atoms with van der Waals surface area (Å²) in [7, 11) is 3.56. The Labute approximate surface area is 217 Å². The molecular weight excluding hydrogens is 475 g/mol. The van der Waals surface area contributed by atoms with Crippen LogP contribution in [0.25, 0.3) is 6.08 Å². The molecule has 4 aliphatic rings. The number of benzene rings is 2. The molecule has 0 bridgehead atoms. The summed E-state index contributed by atoms with van der Waals surface area (Å²) in [5.74, 6) is 1.32. The minimum Gasteiger partial charge on any atom is -0.493 e. The molecule has 2 aliphatic carbocycles. The van der Waals surface area contributed by atoms with E-state index in [4.69, 9.17) is 9.47 Å². The molecule has 0 aromatic heterocycles. The fourth-order valence-corrected chi connectivity index (χ4v) is 8.29. The van der Waals surface area contributed by atoms with Crippen LogP contribution >= 0.6 is 0 Å². The lowest BCUT2D eigenvalue weighted by Gasteiger charge is -2.57. The maximum Gasteiger partial charge on any atom is 0.417 e. The first kappa shape index (κ1) is 24.7. The zero-order valence-corrected chi connectivity index (χ0v) is 21.7. The van der Waals surface area contributed by atoms with Gasteiger partial charge in [-0.25, -0.2) is 0 Å². The van der Waals surface area contributed by atoms with Gasteiger partial charge in [-0.15, -0.1) is 0 Å². The Morgan fingerprint density at radius 2 is 1.51 bits per heavy atom. The monoisotopic (exact) mass is 511 g/mol. The molecule has 6 heteroatoms. The predicted octanol–water partition coefficient (Wildman–Crippen LogP) is 8.36. The second-order valence-electron chi connectivity index (χ2n) is 11.3. The van der Waals surface area contributed by atoms with E-state index >= 15 is 0 Å². The minimum absolute atomic E-state index is 0.0584. The van der Waals surface area contributed by atoms with Crippen molar-refractivity contribution in [3.05, 3.63) is 59.2 Å². The molecule has 2 fully saturated rings. The Morgan fingerprint density at radius 3 is 2.11 bits per heavy atom. The van der Waals surface area contributed by atoms with Crippen molar-refractivity contribution in [2.24, 2.45) is 11.8 Å². The molecule has 1 spiro atoms. The fourth-order valence-electron chi connectivity index (χ4n) is 8.29. The second-order valence-corrected chi connectivity index (χ2v) is 11.3. The van der Waals surface area contributed by atoms with Gasteiger partial charge in [0.15, 0.2) is 11.5 Å². The summed E-state index contributed by atoms with van der Waals surface area (Å²) in [6.07, 6.45) is 10.8. The number of anilines is 1. The van der Waals surface area contributed by atoms with E-state index in [1.165, 1.54) is 57.3 Å². The average molecular weight is 512 g/mol. The van der Waals surface area contributed by atoms with Crippen LogP contribution in [0.5, 0.6) is 11.5 Å². The Hall–Kier alpha value is -2.63. The highest BCUT2D eigenvalue weighted by Crippen LogP contribution is 2.66. The van der Waals surface area contributed by atoms with Crippen molar-refractivity contribution >= 4 is 11.8 Å². The van der Waals surface area contributed by atoms with Crippen molar-refractivity contribution in [1.82, 2.24) is 0 Å². The molecule has 0 N–H and O–H groups in total. The SMILES string of the molecule is COc1ccc(C(F)(F)F)c2c1O[C@]1(C=C2)N(C)c2ccccc2C1(C1CCCCC1)C1CCCCC1. The van der Waals surface area contributed by atoms with Crippen LogP contribution in [0.1, 0.15) is 80.9 Å². The summed E-state index contributed by atoms with van der Waals surface area (Å²) >= 11 is 0. The van der Waals surface area contributed by atoms with Crippen LogP contribution in [0.3, 0.4) is 0 Å². The molecule has 0 unspecified atom stereocenters. The highest BCUT2D eigenvalue weighted by Gasteiger charge is 2.68. The Bertz CT molecular complexity index is 1180. The quantitative estimate of drug-likeness (QED) is 0.413. The molecule has 2 saturated carbocycles. The van der Waals surface area contributed by atoms with Crippen molar-refractivity contribution in [3.8, 4) is 11.5 Å². The summed E-state index contributed by atoms with van der Waals surface area (Å²) in [6, 6.07) is 11.1. The van der Waals surface area contributed by atoms with Gasteiger partial charge < -0.3 is 14.4 Å². The van der Waals surface area contributed by atoms with Crippen molar-refractivity contribution in [2.75, 3.05) is 19.1 Å². The highest BCUT2D eigenvalue weighted by atomic mass is 19.4. The van der Waals surface area contributed by atoms with Gasteiger partial charge >= 0.3 is 6.18 Å². The number of ether oxygens (including phenoxy) is 2. The van der Waals surface area contributed by atoms with Gasteiger partial charge in [0.1, 0.15) is 0 Å². The van der Waals surface area contributed by atoms with Crippen LogP contribution in [-0.4, -0.2) is 19.9 Å². The number of para-hydroxylation sites is 1. The van der Waals surface area contributed by atoms with Crippen LogP contribution in [0.15, 0.2) is 42.5 Å². The first-order valence-electron chi connectivity index (χ1n) is 13.8. The van der Waals surface area contributed by atoms with Crippen LogP contribution in [0.2, 0.25) is 0 Å². The minimum atomic E-state index is -4.48. The summed E-state index contributed by atoms with van der Waals surface area (Å²) in [5.41, 5.74) is 0.516. The number of hydrogen-bond acceptors (Lipinski definition) is 3. The summed E-state index contributed by atoms with van der Waals surface area (Å²) in [6.45, 7) is 0. The molecule has 0 amide bonds. The van der Waals surface area contributed by atoms with E-state index in [9.17, 15) is 13.2 Å². The van der Waals surface area contributed by atoms with Crippen molar-refractivity contribution in [1.29, 1.82) is 0 Å². The summed E-state index contributed by atoms with van der Waals surface area (Å²) < 4.78 is 54.9. The maximum atomic E-state index is 14.1. The Balaban J connectivity index is 1.63. The van der Waals surface area contributed by atoms with Gasteiger partial charge in [0.25, 0.3) is 0 Å². The normalized spacial score (nSPS) is 25.6. The van der Waals surface area contributed by atoms with Crippen LogP contribution in [0, 0.1) is 11.8 Å². The number of rotatable bonds is 3. The molecule has 3 nitrogen and oxygen atoms in total. The molecule has 0 radical (unpaired) electrons. The van der Waals surface area contributed by atoms with Crippen LogP contribution in [0.4, 0.5) is 18.9 Å². The number of alkyl halides is 3. The van der Waals surface area contributed by atoms with Gasteiger partial charge in [0.05, 0.1) is 18.1 Å². The van der Waals surface area contributed by atoms with Crippen molar-refractivity contribution in [2.45, 2.75) is 81.5 Å². The van der Waals surface area contributed by atoms with E-state index in [2.05, 4.69) is 36.2 Å². The van der Waals surface area contributed by atoms with Gasteiger partial charge in [0, 0.05) is 18.3 Å². The maximum absolute atomic E-state index is 14.1.